The zero-order valence-electron chi connectivity index (χ0n) is 17.9. The molecule has 0 saturated carbocycles. The summed E-state index contributed by atoms with van der Waals surface area (Å²) in [5, 5.41) is 6.79. The van der Waals surface area contributed by atoms with Crippen LogP contribution in [0.3, 0.4) is 0 Å². The molecule has 0 spiro atoms. The van der Waals surface area contributed by atoms with Gasteiger partial charge in [-0.2, -0.15) is 0 Å². The molecule has 0 bridgehead atoms. The van der Waals surface area contributed by atoms with Crippen LogP contribution >= 0.6 is 24.0 Å². The van der Waals surface area contributed by atoms with Crippen LogP contribution in [-0.4, -0.2) is 48.4 Å². The summed E-state index contributed by atoms with van der Waals surface area (Å²) in [6, 6.07) is 8.30. The zero-order chi connectivity index (χ0) is 19.6. The standard InChI is InChI=1S/C21H35N5O.HI/c1-6-27-20(16(2)3)12-14-24-21(22-5)23-13-9-15-26-17(4)25-18-10-7-8-11-19(18)26;/h7-8,10-11,16,20H,6,9,12-15H2,1-5H3,(H2,22,23,24);1H. The van der Waals surface area contributed by atoms with Crippen LogP contribution in [0.2, 0.25) is 0 Å². The predicted octanol–water partition coefficient (Wildman–Crippen LogP) is 3.97. The zero-order valence-corrected chi connectivity index (χ0v) is 20.2. The normalized spacial score (nSPS) is 12.9. The van der Waals surface area contributed by atoms with Gasteiger partial charge in [-0.15, -0.1) is 24.0 Å². The lowest BCUT2D eigenvalue weighted by Gasteiger charge is -2.21. The topological polar surface area (TPSA) is 63.5 Å². The van der Waals surface area contributed by atoms with Crippen molar-refractivity contribution in [2.45, 2.75) is 53.2 Å². The van der Waals surface area contributed by atoms with Crippen LogP contribution in [0.25, 0.3) is 11.0 Å². The molecule has 2 rings (SSSR count). The summed E-state index contributed by atoms with van der Waals surface area (Å²) in [7, 11) is 1.81. The lowest BCUT2D eigenvalue weighted by atomic mass is 10.0. The van der Waals surface area contributed by atoms with Crippen LogP contribution < -0.4 is 10.6 Å². The second-order valence-electron chi connectivity index (χ2n) is 7.11. The summed E-state index contributed by atoms with van der Waals surface area (Å²) in [6.45, 7) is 11.9. The van der Waals surface area contributed by atoms with Gasteiger partial charge in [-0.1, -0.05) is 26.0 Å². The van der Waals surface area contributed by atoms with Crippen LogP contribution in [0, 0.1) is 12.8 Å². The Kier molecular flexibility index (Phi) is 11.4. The maximum atomic E-state index is 5.80. The molecule has 158 valence electrons. The van der Waals surface area contributed by atoms with Gasteiger partial charge in [0.15, 0.2) is 5.96 Å². The summed E-state index contributed by atoms with van der Waals surface area (Å²) in [5.41, 5.74) is 2.27. The third kappa shape index (κ3) is 7.24. The van der Waals surface area contributed by atoms with E-state index in [1.54, 1.807) is 0 Å². The number of nitrogens with zero attached hydrogens (tertiary/aromatic N) is 3. The second-order valence-corrected chi connectivity index (χ2v) is 7.11. The van der Waals surface area contributed by atoms with Crippen LogP contribution in [-0.2, 0) is 11.3 Å². The van der Waals surface area contributed by atoms with Crippen molar-refractivity contribution >= 4 is 41.0 Å². The second kappa shape index (κ2) is 13.0. The number of aryl methyl sites for hydroxylation is 2. The van der Waals surface area contributed by atoms with E-state index in [4.69, 9.17) is 4.74 Å². The minimum absolute atomic E-state index is 0. The Morgan fingerprint density at radius 3 is 2.61 bits per heavy atom. The molecule has 7 heteroatoms. The first-order valence-electron chi connectivity index (χ1n) is 10.0. The van der Waals surface area contributed by atoms with Crippen LogP contribution in [0.4, 0.5) is 0 Å². The largest absolute Gasteiger partial charge is 0.378 e. The molecule has 0 aliphatic rings. The van der Waals surface area contributed by atoms with E-state index in [0.29, 0.717) is 5.92 Å². The minimum Gasteiger partial charge on any atom is -0.378 e. The van der Waals surface area contributed by atoms with E-state index < -0.39 is 0 Å². The van der Waals surface area contributed by atoms with E-state index in [0.717, 1.165) is 56.4 Å². The molecule has 1 aromatic carbocycles. The molecule has 1 unspecified atom stereocenters. The first kappa shape index (κ1) is 24.7. The van der Waals surface area contributed by atoms with Gasteiger partial charge in [0.2, 0.25) is 0 Å². The average Bonchev–Trinajstić information content (AvgIpc) is 2.97. The van der Waals surface area contributed by atoms with E-state index >= 15 is 0 Å². The molecule has 0 saturated heterocycles. The van der Waals surface area contributed by atoms with Crippen molar-refractivity contribution in [1.82, 2.24) is 20.2 Å². The molecule has 28 heavy (non-hydrogen) atoms. The van der Waals surface area contributed by atoms with E-state index in [9.17, 15) is 0 Å². The number of aromatic nitrogens is 2. The summed E-state index contributed by atoms with van der Waals surface area (Å²) in [5.74, 6) is 2.44. The maximum absolute atomic E-state index is 5.80. The number of benzene rings is 1. The fourth-order valence-corrected chi connectivity index (χ4v) is 3.30. The number of fused-ring (bicyclic) bond motifs is 1. The Balaban J connectivity index is 0.00000392. The molecule has 0 radical (unpaired) electrons. The van der Waals surface area contributed by atoms with Crippen molar-refractivity contribution in [3.8, 4) is 0 Å². The first-order chi connectivity index (χ1) is 13.1. The molecule has 6 nitrogen and oxygen atoms in total. The number of halogens is 1. The van der Waals surface area contributed by atoms with Gasteiger partial charge in [-0.05, 0) is 44.7 Å². The maximum Gasteiger partial charge on any atom is 0.190 e. The Morgan fingerprint density at radius 2 is 1.93 bits per heavy atom. The van der Waals surface area contributed by atoms with Crippen molar-refractivity contribution in [2.75, 3.05) is 26.7 Å². The summed E-state index contributed by atoms with van der Waals surface area (Å²) in [4.78, 5) is 8.94. The van der Waals surface area contributed by atoms with Crippen LogP contribution in [0.5, 0.6) is 0 Å². The fraction of sp³-hybridized carbons (Fsp3) is 0.619. The quantitative estimate of drug-likeness (QED) is 0.224. The predicted molar refractivity (Wildman–Crippen MR) is 129 cm³/mol. The van der Waals surface area contributed by atoms with Crippen molar-refractivity contribution in [2.24, 2.45) is 10.9 Å². The molecule has 1 heterocycles. The monoisotopic (exact) mass is 501 g/mol. The number of nitrogens with one attached hydrogen (secondary N) is 2. The molecule has 1 atom stereocenters. The molecule has 2 aromatic rings. The molecule has 0 aliphatic carbocycles. The molecule has 0 aliphatic heterocycles. The van der Waals surface area contributed by atoms with Crippen LogP contribution in [0.1, 0.15) is 39.4 Å². The number of hydrogen-bond acceptors (Lipinski definition) is 3. The highest BCUT2D eigenvalue weighted by Gasteiger charge is 2.13. The van der Waals surface area contributed by atoms with Gasteiger partial charge >= 0.3 is 0 Å². The van der Waals surface area contributed by atoms with Gasteiger partial charge in [0.25, 0.3) is 0 Å². The Hall–Kier alpha value is -1.35. The van der Waals surface area contributed by atoms with Gasteiger partial charge in [-0.25, -0.2) is 4.98 Å². The van der Waals surface area contributed by atoms with E-state index in [2.05, 4.69) is 71.1 Å². The SMILES string of the molecule is CCOC(CCNC(=NC)NCCCn1c(C)nc2ccccc21)C(C)C.I. The summed E-state index contributed by atoms with van der Waals surface area (Å²) < 4.78 is 8.08. The van der Waals surface area contributed by atoms with Crippen LogP contribution in [0.15, 0.2) is 29.3 Å². The number of aliphatic imine (C=N–C) groups is 1. The lowest BCUT2D eigenvalue weighted by molar-refractivity contribution is 0.0258. The van der Waals surface area contributed by atoms with E-state index in [1.807, 2.05) is 13.1 Å². The highest BCUT2D eigenvalue weighted by Crippen LogP contribution is 2.15. The number of ether oxygens (including phenoxy) is 1. The minimum atomic E-state index is 0. The Bertz CT molecular complexity index is 729. The average molecular weight is 501 g/mol. The molecule has 2 N–H and O–H groups in total. The number of hydrogen-bond donors (Lipinski definition) is 2. The molecular weight excluding hydrogens is 465 g/mol. The summed E-state index contributed by atoms with van der Waals surface area (Å²) >= 11 is 0. The summed E-state index contributed by atoms with van der Waals surface area (Å²) in [6.07, 6.45) is 2.28. The highest BCUT2D eigenvalue weighted by molar-refractivity contribution is 14.0. The van der Waals surface area contributed by atoms with E-state index in [1.165, 1.54) is 5.52 Å². The molecule has 0 fully saturated rings. The van der Waals surface area contributed by atoms with Gasteiger partial charge < -0.3 is 19.9 Å². The van der Waals surface area contributed by atoms with Gasteiger partial charge in [-0.3, -0.25) is 4.99 Å². The van der Waals surface area contributed by atoms with Gasteiger partial charge in [0.05, 0.1) is 17.1 Å². The molecular formula is C21H36IN5O. The number of para-hydroxylation sites is 2. The number of rotatable bonds is 10. The Morgan fingerprint density at radius 1 is 1.21 bits per heavy atom. The van der Waals surface area contributed by atoms with Crippen molar-refractivity contribution in [3.63, 3.8) is 0 Å². The number of guanidine groups is 1. The van der Waals surface area contributed by atoms with E-state index in [-0.39, 0.29) is 30.1 Å². The smallest absolute Gasteiger partial charge is 0.190 e. The van der Waals surface area contributed by atoms with Gasteiger partial charge in [0, 0.05) is 33.3 Å². The third-order valence-corrected chi connectivity index (χ3v) is 4.77. The molecule has 1 aromatic heterocycles. The van der Waals surface area contributed by atoms with Crippen molar-refractivity contribution in [1.29, 1.82) is 0 Å². The molecule has 0 amide bonds. The Labute approximate surface area is 186 Å². The van der Waals surface area contributed by atoms with Gasteiger partial charge in [0.1, 0.15) is 5.82 Å². The van der Waals surface area contributed by atoms with Crippen molar-refractivity contribution in [3.05, 3.63) is 30.1 Å². The number of imidazole rings is 1. The third-order valence-electron chi connectivity index (χ3n) is 4.77. The van der Waals surface area contributed by atoms with Crippen molar-refractivity contribution < 1.29 is 4.74 Å². The first-order valence-corrected chi connectivity index (χ1v) is 10.0. The fourth-order valence-electron chi connectivity index (χ4n) is 3.30. The lowest BCUT2D eigenvalue weighted by Crippen LogP contribution is -2.39. The highest BCUT2D eigenvalue weighted by atomic mass is 127.